The van der Waals surface area contributed by atoms with Gasteiger partial charge in [-0.05, 0) is 25.8 Å². The van der Waals surface area contributed by atoms with Gasteiger partial charge in [-0.1, -0.05) is 26.6 Å². The zero-order valence-electron chi connectivity index (χ0n) is 14.8. The van der Waals surface area contributed by atoms with Gasteiger partial charge in [-0.15, -0.1) is 0 Å². The minimum Gasteiger partial charge on any atom is -0.360 e. The topological polar surface area (TPSA) is 44.1 Å². The fourth-order valence-electron chi connectivity index (χ4n) is 3.91. The Bertz CT molecular complexity index is 635. The van der Waals surface area contributed by atoms with Crippen molar-refractivity contribution >= 4 is 14.4 Å². The first-order valence-corrected chi connectivity index (χ1v) is 12.1. The molecule has 0 amide bonds. The molecule has 2 aliphatic rings. The first kappa shape index (κ1) is 16.8. The van der Waals surface area contributed by atoms with Crippen LogP contribution in [-0.4, -0.2) is 36.4 Å². The van der Waals surface area contributed by atoms with Crippen LogP contribution in [0.4, 0.5) is 4.39 Å². The lowest BCUT2D eigenvalue weighted by Crippen LogP contribution is -2.23. The summed E-state index contributed by atoms with van der Waals surface area (Å²) in [6, 6.07) is 1.10. The van der Waals surface area contributed by atoms with Gasteiger partial charge in [0.15, 0.2) is 6.29 Å². The Balaban J connectivity index is 1.74. The molecule has 0 N–H and O–H groups in total. The van der Waals surface area contributed by atoms with Crippen molar-refractivity contribution in [3.05, 3.63) is 17.0 Å². The predicted molar refractivity (Wildman–Crippen MR) is 90.2 cm³/mol. The van der Waals surface area contributed by atoms with Gasteiger partial charge in [-0.3, -0.25) is 4.79 Å². The third-order valence-electron chi connectivity index (χ3n) is 5.92. The van der Waals surface area contributed by atoms with Gasteiger partial charge in [0.1, 0.15) is 18.1 Å². The molecule has 0 aromatic carbocycles. The van der Waals surface area contributed by atoms with E-state index in [1.165, 1.54) is 0 Å². The van der Waals surface area contributed by atoms with E-state index in [-0.39, 0.29) is 11.3 Å². The van der Waals surface area contributed by atoms with Gasteiger partial charge < -0.3 is 4.74 Å². The number of hydrogen-bond donors (Lipinski definition) is 0. The summed E-state index contributed by atoms with van der Waals surface area (Å²) in [6.07, 6.45) is 2.04. The lowest BCUT2D eigenvalue weighted by molar-refractivity contribution is 0.0749. The molecule has 4 nitrogen and oxygen atoms in total. The molecule has 23 heavy (non-hydrogen) atoms. The number of nitrogens with zero attached hydrogens (tertiary/aromatic N) is 2. The fourth-order valence-corrected chi connectivity index (χ4v) is 4.66. The second-order valence-corrected chi connectivity index (χ2v) is 14.3. The number of alkyl halides is 1. The van der Waals surface area contributed by atoms with E-state index in [1.54, 1.807) is 11.6 Å². The highest BCUT2D eigenvalue weighted by Gasteiger charge is 2.73. The van der Waals surface area contributed by atoms with E-state index in [9.17, 15) is 9.18 Å². The van der Waals surface area contributed by atoms with Crippen LogP contribution in [0.3, 0.4) is 0 Å². The minimum absolute atomic E-state index is 0.00617. The highest BCUT2D eigenvalue weighted by Crippen LogP contribution is 2.69. The van der Waals surface area contributed by atoms with Crippen LogP contribution in [0.5, 0.6) is 0 Å². The van der Waals surface area contributed by atoms with Gasteiger partial charge in [0, 0.05) is 37.3 Å². The van der Waals surface area contributed by atoms with Crippen LogP contribution in [0.1, 0.15) is 35.6 Å². The van der Waals surface area contributed by atoms with Crippen molar-refractivity contribution in [2.75, 3.05) is 6.61 Å². The van der Waals surface area contributed by atoms with Gasteiger partial charge in [0.05, 0.1) is 0 Å². The monoisotopic (exact) mass is 338 g/mol. The SMILES string of the molecule is CC1(F)[C@H]2Cc3c(C=O)nn(COCC[Si](C)(C)C)c3C[C@]21C. The smallest absolute Gasteiger partial charge is 0.170 e. The van der Waals surface area contributed by atoms with E-state index in [0.717, 1.165) is 23.6 Å². The second kappa shape index (κ2) is 5.24. The van der Waals surface area contributed by atoms with Crippen molar-refractivity contribution in [2.24, 2.45) is 11.3 Å². The molecular weight excluding hydrogens is 311 g/mol. The van der Waals surface area contributed by atoms with Gasteiger partial charge in [-0.2, -0.15) is 5.10 Å². The molecule has 1 aromatic heterocycles. The van der Waals surface area contributed by atoms with Crippen LogP contribution in [0.25, 0.3) is 0 Å². The van der Waals surface area contributed by atoms with E-state index in [1.807, 2.05) is 6.92 Å². The Morgan fingerprint density at radius 1 is 1.43 bits per heavy atom. The predicted octanol–water partition coefficient (Wildman–Crippen LogP) is 3.47. The van der Waals surface area contributed by atoms with Crippen LogP contribution < -0.4 is 0 Å². The zero-order valence-corrected chi connectivity index (χ0v) is 15.8. The van der Waals surface area contributed by atoms with Crippen LogP contribution in [0.15, 0.2) is 0 Å². The number of carbonyl (C=O) groups excluding carboxylic acids is 1. The molecule has 0 spiro atoms. The highest BCUT2D eigenvalue weighted by atomic mass is 28.3. The average molecular weight is 338 g/mol. The zero-order chi connectivity index (χ0) is 17.0. The Morgan fingerprint density at radius 3 is 2.74 bits per heavy atom. The molecule has 2 aliphatic carbocycles. The summed E-state index contributed by atoms with van der Waals surface area (Å²) in [5.41, 5.74) is 0.905. The third kappa shape index (κ3) is 2.69. The van der Waals surface area contributed by atoms with Crippen molar-refractivity contribution in [3.8, 4) is 0 Å². The van der Waals surface area contributed by atoms with Gasteiger partial charge in [0.25, 0.3) is 0 Å². The summed E-state index contributed by atoms with van der Waals surface area (Å²) in [5, 5.41) is 4.39. The van der Waals surface area contributed by atoms with E-state index in [4.69, 9.17) is 4.74 Å². The number of fused-ring (bicyclic) bond motifs is 2. The normalized spacial score (nSPS) is 32.3. The third-order valence-corrected chi connectivity index (χ3v) is 7.62. The molecule has 1 heterocycles. The quantitative estimate of drug-likeness (QED) is 0.453. The molecule has 128 valence electrons. The molecular formula is C17H27FN2O2Si. The summed E-state index contributed by atoms with van der Waals surface area (Å²) >= 11 is 0. The Kier molecular flexibility index (Phi) is 3.84. The number of aldehydes is 1. The molecule has 1 unspecified atom stereocenters. The molecule has 0 bridgehead atoms. The number of rotatable bonds is 6. The molecule has 1 saturated carbocycles. The first-order chi connectivity index (χ1) is 10.6. The lowest BCUT2D eigenvalue weighted by atomic mass is 9.87. The fraction of sp³-hybridized carbons (Fsp3) is 0.765. The van der Waals surface area contributed by atoms with Crippen molar-refractivity contribution in [1.29, 1.82) is 0 Å². The Labute approximate surface area is 138 Å². The largest absolute Gasteiger partial charge is 0.360 e. The van der Waals surface area contributed by atoms with E-state index in [0.29, 0.717) is 31.9 Å². The maximum atomic E-state index is 14.7. The van der Waals surface area contributed by atoms with Crippen LogP contribution >= 0.6 is 0 Å². The summed E-state index contributed by atoms with van der Waals surface area (Å²) in [7, 11) is -1.12. The van der Waals surface area contributed by atoms with Crippen molar-refractivity contribution in [2.45, 2.75) is 64.8 Å². The van der Waals surface area contributed by atoms with Crippen molar-refractivity contribution in [1.82, 2.24) is 9.78 Å². The Morgan fingerprint density at radius 2 is 2.13 bits per heavy atom. The molecule has 1 fully saturated rings. The summed E-state index contributed by atoms with van der Waals surface area (Å²) in [6.45, 7) is 11.7. The minimum atomic E-state index is -1.14. The molecule has 0 radical (unpaired) electrons. The second-order valence-electron chi connectivity index (χ2n) is 8.70. The molecule has 3 atom stereocenters. The molecule has 1 aromatic rings. The molecule has 0 aliphatic heterocycles. The van der Waals surface area contributed by atoms with E-state index < -0.39 is 13.7 Å². The van der Waals surface area contributed by atoms with Crippen LogP contribution in [0.2, 0.25) is 25.7 Å². The van der Waals surface area contributed by atoms with E-state index >= 15 is 0 Å². The number of halogens is 1. The molecule has 3 rings (SSSR count). The Hall–Kier alpha value is -1.01. The number of hydrogen-bond acceptors (Lipinski definition) is 3. The first-order valence-electron chi connectivity index (χ1n) is 8.40. The summed E-state index contributed by atoms with van der Waals surface area (Å²) < 4.78 is 22.2. The van der Waals surface area contributed by atoms with Gasteiger partial charge in [0.2, 0.25) is 0 Å². The maximum Gasteiger partial charge on any atom is 0.170 e. The van der Waals surface area contributed by atoms with Gasteiger partial charge >= 0.3 is 0 Å². The van der Waals surface area contributed by atoms with Crippen molar-refractivity contribution < 1.29 is 13.9 Å². The average Bonchev–Trinajstić information content (AvgIpc) is 2.75. The molecule has 0 saturated heterocycles. The molecule has 6 heteroatoms. The van der Waals surface area contributed by atoms with Gasteiger partial charge in [-0.25, -0.2) is 9.07 Å². The van der Waals surface area contributed by atoms with Crippen LogP contribution in [0, 0.1) is 11.3 Å². The number of aromatic nitrogens is 2. The number of carbonyl (C=O) groups is 1. The summed E-state index contributed by atoms with van der Waals surface area (Å²) in [4.78, 5) is 11.3. The highest BCUT2D eigenvalue weighted by molar-refractivity contribution is 6.76. The standard InChI is InChI=1S/C17H27FN2O2Si/c1-16-9-14-12(8-15(16)17(16,2)18)13(10-21)19-20(14)11-22-6-7-23(3,4)5/h10,15H,6-9,11H2,1-5H3/t15-,16+,17?/m0/s1. The maximum absolute atomic E-state index is 14.7. The lowest BCUT2D eigenvalue weighted by Gasteiger charge is -2.20. The van der Waals surface area contributed by atoms with Crippen LogP contribution in [-0.2, 0) is 24.3 Å². The van der Waals surface area contributed by atoms with Crippen molar-refractivity contribution in [3.63, 3.8) is 0 Å². The summed E-state index contributed by atoms with van der Waals surface area (Å²) in [5.74, 6) is 0.00617. The van der Waals surface area contributed by atoms with E-state index in [2.05, 4.69) is 24.7 Å². The number of ether oxygens (including phenoxy) is 1.